The number of esters is 1. The molecular formula is C28H50N10O10. The number of guanidine groups is 1. The molecule has 0 saturated carbocycles. The van der Waals surface area contributed by atoms with Crippen LogP contribution in [0.2, 0.25) is 0 Å². The minimum atomic E-state index is -1.67. The average molecular weight is 687 g/mol. The first kappa shape index (κ1) is 41.5. The van der Waals surface area contributed by atoms with E-state index in [1.807, 2.05) is 0 Å². The van der Waals surface area contributed by atoms with Crippen molar-refractivity contribution in [3.05, 3.63) is 0 Å². The maximum absolute atomic E-state index is 13.6. The molecule has 0 aromatic carbocycles. The molecule has 1 fully saturated rings. The Labute approximate surface area is 278 Å². The zero-order valence-corrected chi connectivity index (χ0v) is 27.3. The van der Waals surface area contributed by atoms with Gasteiger partial charge in [0, 0.05) is 13.1 Å². The first-order valence-electron chi connectivity index (χ1n) is 15.6. The van der Waals surface area contributed by atoms with E-state index >= 15 is 0 Å². The first-order chi connectivity index (χ1) is 22.6. The van der Waals surface area contributed by atoms with Crippen LogP contribution in [0.4, 0.5) is 0 Å². The molecule has 0 aromatic rings. The van der Waals surface area contributed by atoms with Crippen LogP contribution < -0.4 is 44.2 Å². The standard InChI is InChI=1S/C28H50N10O10/c1-15(2)11-17(35-24(44)16(34-21(41)13-29)5-3-7-33-28(31)32)25(45)36-18(12-22(42)48-10-9-39)26(46)37-19(14-40)27(47)38-8-4-6-20(38)23(30)43/h15-20,39-40H,3-14,29H2,1-2H3,(H2,30,43)(H,34,41)(H,35,44)(H,36,45)(H,37,46)(H4,31,32,33)/t16-,17-,18-,19-,20-/m0/s1. The van der Waals surface area contributed by atoms with Gasteiger partial charge in [-0.1, -0.05) is 13.8 Å². The number of aliphatic imine (C=N–C) groups is 1. The lowest BCUT2D eigenvalue weighted by atomic mass is 10.0. The number of hydrogen-bond acceptors (Lipinski definition) is 12. The van der Waals surface area contributed by atoms with Gasteiger partial charge < -0.3 is 64.1 Å². The molecule has 1 aliphatic heterocycles. The van der Waals surface area contributed by atoms with Gasteiger partial charge in [0.15, 0.2) is 5.96 Å². The highest BCUT2D eigenvalue weighted by molar-refractivity contribution is 5.97. The molecule has 0 aromatic heterocycles. The van der Waals surface area contributed by atoms with Gasteiger partial charge in [-0.2, -0.15) is 0 Å². The Morgan fingerprint density at radius 2 is 1.50 bits per heavy atom. The number of amides is 6. The van der Waals surface area contributed by atoms with Crippen molar-refractivity contribution < 1.29 is 48.5 Å². The van der Waals surface area contributed by atoms with Crippen LogP contribution in [0.25, 0.3) is 0 Å². The van der Waals surface area contributed by atoms with E-state index in [4.69, 9.17) is 32.8 Å². The highest BCUT2D eigenvalue weighted by Crippen LogP contribution is 2.18. The molecule has 0 unspecified atom stereocenters. The lowest BCUT2D eigenvalue weighted by Crippen LogP contribution is -2.60. The summed E-state index contributed by atoms with van der Waals surface area (Å²) >= 11 is 0. The van der Waals surface area contributed by atoms with Gasteiger partial charge in [0.2, 0.25) is 35.4 Å². The van der Waals surface area contributed by atoms with Crippen LogP contribution in [-0.2, 0) is 38.3 Å². The largest absolute Gasteiger partial charge is 0.463 e. The molecule has 0 spiro atoms. The number of aliphatic hydroxyl groups is 2. The molecule has 1 rings (SSSR count). The lowest BCUT2D eigenvalue weighted by molar-refractivity contribution is -0.148. The van der Waals surface area contributed by atoms with Crippen molar-refractivity contribution in [2.75, 3.05) is 39.5 Å². The highest BCUT2D eigenvalue weighted by atomic mass is 16.5. The predicted octanol–water partition coefficient (Wildman–Crippen LogP) is -5.62. The van der Waals surface area contributed by atoms with Crippen molar-refractivity contribution in [2.45, 2.75) is 82.6 Å². The van der Waals surface area contributed by atoms with E-state index < -0.39 is 104 Å². The van der Waals surface area contributed by atoms with Crippen molar-refractivity contribution in [2.24, 2.45) is 33.8 Å². The summed E-state index contributed by atoms with van der Waals surface area (Å²) in [5.74, 6) is -6.19. The van der Waals surface area contributed by atoms with E-state index in [0.29, 0.717) is 12.8 Å². The first-order valence-corrected chi connectivity index (χ1v) is 15.6. The normalized spacial score (nSPS) is 16.5. The molecule has 272 valence electrons. The second-order valence-electron chi connectivity index (χ2n) is 11.5. The number of hydrogen-bond donors (Lipinski definition) is 10. The molecule has 20 nitrogen and oxygen atoms in total. The Hall–Kier alpha value is -4.56. The molecule has 48 heavy (non-hydrogen) atoms. The number of nitrogens with one attached hydrogen (secondary N) is 4. The molecule has 20 heteroatoms. The molecule has 1 saturated heterocycles. The van der Waals surface area contributed by atoms with Gasteiger partial charge in [0.1, 0.15) is 36.8 Å². The molecule has 5 atom stereocenters. The number of rotatable bonds is 21. The molecule has 0 bridgehead atoms. The minimum absolute atomic E-state index is 0.0631. The van der Waals surface area contributed by atoms with E-state index in [-0.39, 0.29) is 44.2 Å². The number of ether oxygens (including phenoxy) is 1. The zero-order valence-electron chi connectivity index (χ0n) is 27.3. The predicted molar refractivity (Wildman–Crippen MR) is 170 cm³/mol. The van der Waals surface area contributed by atoms with Crippen LogP contribution in [0.3, 0.4) is 0 Å². The van der Waals surface area contributed by atoms with Gasteiger partial charge in [-0.05, 0) is 38.0 Å². The van der Waals surface area contributed by atoms with Gasteiger partial charge in [0.25, 0.3) is 0 Å². The number of nitrogens with two attached hydrogens (primary N) is 4. The van der Waals surface area contributed by atoms with Crippen LogP contribution in [0.1, 0.15) is 52.4 Å². The number of nitrogens with zero attached hydrogens (tertiary/aromatic N) is 2. The number of carbonyl (C=O) groups is 7. The summed E-state index contributed by atoms with van der Waals surface area (Å²) in [6.45, 7) is 1.65. The third-order valence-corrected chi connectivity index (χ3v) is 7.14. The summed E-state index contributed by atoms with van der Waals surface area (Å²) in [6, 6.07) is -6.56. The van der Waals surface area contributed by atoms with Crippen LogP contribution in [0.15, 0.2) is 4.99 Å². The van der Waals surface area contributed by atoms with E-state index in [1.54, 1.807) is 13.8 Å². The van der Waals surface area contributed by atoms with E-state index in [0.717, 1.165) is 4.90 Å². The summed E-state index contributed by atoms with van der Waals surface area (Å²) in [7, 11) is 0. The maximum Gasteiger partial charge on any atom is 0.308 e. The number of likely N-dealkylation sites (tertiary alicyclic amines) is 1. The van der Waals surface area contributed by atoms with Crippen LogP contribution in [-0.4, -0.2) is 132 Å². The number of carbonyl (C=O) groups excluding carboxylic acids is 7. The lowest BCUT2D eigenvalue weighted by Gasteiger charge is -2.29. The summed E-state index contributed by atoms with van der Waals surface area (Å²) in [5, 5.41) is 28.7. The van der Waals surface area contributed by atoms with Gasteiger partial charge in [-0.25, -0.2) is 0 Å². The van der Waals surface area contributed by atoms with Crippen molar-refractivity contribution in [1.82, 2.24) is 26.2 Å². The van der Waals surface area contributed by atoms with Gasteiger partial charge in [-0.3, -0.25) is 38.6 Å². The van der Waals surface area contributed by atoms with Gasteiger partial charge in [0.05, 0.1) is 26.2 Å². The van der Waals surface area contributed by atoms with Gasteiger partial charge in [-0.15, -0.1) is 0 Å². The fraction of sp³-hybridized carbons (Fsp3) is 0.714. The van der Waals surface area contributed by atoms with Crippen molar-refractivity contribution in [1.29, 1.82) is 0 Å². The van der Waals surface area contributed by atoms with Gasteiger partial charge >= 0.3 is 5.97 Å². The molecule has 0 radical (unpaired) electrons. The molecule has 14 N–H and O–H groups in total. The third-order valence-electron chi connectivity index (χ3n) is 7.14. The Balaban J connectivity index is 3.22. The van der Waals surface area contributed by atoms with Crippen LogP contribution >= 0.6 is 0 Å². The summed E-state index contributed by atoms with van der Waals surface area (Å²) < 4.78 is 4.84. The Morgan fingerprint density at radius 1 is 0.896 bits per heavy atom. The summed E-state index contributed by atoms with van der Waals surface area (Å²) in [6.07, 6.45) is 0.446. The maximum atomic E-state index is 13.6. The Morgan fingerprint density at radius 3 is 2.06 bits per heavy atom. The second kappa shape index (κ2) is 21.3. The summed E-state index contributed by atoms with van der Waals surface area (Å²) in [4.78, 5) is 94.6. The van der Waals surface area contributed by atoms with Crippen LogP contribution in [0.5, 0.6) is 0 Å². The van der Waals surface area contributed by atoms with Crippen molar-refractivity contribution >= 4 is 47.4 Å². The molecule has 1 aliphatic rings. The summed E-state index contributed by atoms with van der Waals surface area (Å²) in [5.41, 5.74) is 21.4. The quantitative estimate of drug-likeness (QED) is 0.0233. The highest BCUT2D eigenvalue weighted by Gasteiger charge is 2.38. The molecule has 1 heterocycles. The second-order valence-corrected chi connectivity index (χ2v) is 11.5. The van der Waals surface area contributed by atoms with Crippen molar-refractivity contribution in [3.63, 3.8) is 0 Å². The Kier molecular flexibility index (Phi) is 18.4. The number of aliphatic hydroxyl groups excluding tert-OH is 2. The minimum Gasteiger partial charge on any atom is -0.463 e. The van der Waals surface area contributed by atoms with E-state index in [1.165, 1.54) is 0 Å². The average Bonchev–Trinajstić information content (AvgIpc) is 3.53. The Bertz CT molecular complexity index is 1160. The topological polar surface area (TPSA) is 337 Å². The van der Waals surface area contributed by atoms with Crippen LogP contribution in [0, 0.1) is 5.92 Å². The zero-order chi connectivity index (χ0) is 36.4. The number of primary amides is 1. The monoisotopic (exact) mass is 686 g/mol. The SMILES string of the molecule is CC(C)C[C@H](NC(=O)[C@H](CCCN=C(N)N)NC(=O)CN)C(=O)N[C@@H](CC(=O)OCCO)C(=O)N[C@@H](CO)C(=O)N1CCC[C@H]1C(N)=O. The molecular weight excluding hydrogens is 636 g/mol. The van der Waals surface area contributed by atoms with E-state index in [2.05, 4.69) is 26.3 Å². The third kappa shape index (κ3) is 14.5. The fourth-order valence-electron chi connectivity index (χ4n) is 4.85. The van der Waals surface area contributed by atoms with E-state index in [9.17, 15) is 38.7 Å². The molecule has 6 amide bonds. The fourth-order valence-corrected chi connectivity index (χ4v) is 4.85. The van der Waals surface area contributed by atoms with Crippen molar-refractivity contribution in [3.8, 4) is 0 Å². The molecule has 0 aliphatic carbocycles. The smallest absolute Gasteiger partial charge is 0.308 e.